The summed E-state index contributed by atoms with van der Waals surface area (Å²) >= 11 is 5.11. The molecule has 1 aliphatic rings. The van der Waals surface area contributed by atoms with Gasteiger partial charge in [0.15, 0.2) is 5.11 Å². The van der Waals surface area contributed by atoms with Gasteiger partial charge in [0.1, 0.15) is 11.6 Å². The molecule has 1 aromatic carbocycles. The molecule has 0 aliphatic carbocycles. The summed E-state index contributed by atoms with van der Waals surface area (Å²) in [6.45, 7) is 6.69. The first-order valence-electron chi connectivity index (χ1n) is 7.90. The molecule has 0 radical (unpaired) electrons. The van der Waals surface area contributed by atoms with Crippen LogP contribution in [0.5, 0.6) is 0 Å². The molecule has 0 bridgehead atoms. The van der Waals surface area contributed by atoms with Crippen LogP contribution >= 0.6 is 12.2 Å². The van der Waals surface area contributed by atoms with Gasteiger partial charge in [-0.1, -0.05) is 6.07 Å². The van der Waals surface area contributed by atoms with Crippen LogP contribution in [-0.2, 0) is 4.74 Å². The van der Waals surface area contributed by atoms with Gasteiger partial charge in [-0.3, -0.25) is 10.3 Å². The normalized spacial score (nSPS) is 16.0. The Labute approximate surface area is 146 Å². The van der Waals surface area contributed by atoms with Gasteiger partial charge in [0.25, 0.3) is 0 Å². The molecule has 1 saturated heterocycles. The average molecular weight is 356 g/mol. The van der Waals surface area contributed by atoms with Gasteiger partial charge in [-0.15, -0.1) is 0 Å². The maximum atomic E-state index is 13.6. The molecule has 132 valence electrons. The summed E-state index contributed by atoms with van der Waals surface area (Å²) in [5.41, 5.74) is 2.66. The van der Waals surface area contributed by atoms with E-state index >= 15 is 0 Å². The van der Waals surface area contributed by atoms with Crippen molar-refractivity contribution in [1.82, 2.24) is 15.6 Å². The van der Waals surface area contributed by atoms with E-state index < -0.39 is 11.6 Å². The molecule has 0 unspecified atom stereocenters. The first kappa shape index (κ1) is 18.7. The largest absolute Gasteiger partial charge is 0.379 e. The van der Waals surface area contributed by atoms with Crippen molar-refractivity contribution in [2.75, 3.05) is 39.4 Å². The summed E-state index contributed by atoms with van der Waals surface area (Å²) in [4.78, 5) is 2.34. The van der Waals surface area contributed by atoms with E-state index in [1.165, 1.54) is 25.1 Å². The van der Waals surface area contributed by atoms with E-state index in [0.29, 0.717) is 11.7 Å². The van der Waals surface area contributed by atoms with Crippen LogP contribution in [0.4, 0.5) is 8.78 Å². The number of benzene rings is 1. The van der Waals surface area contributed by atoms with Crippen molar-refractivity contribution in [2.45, 2.75) is 13.3 Å². The Morgan fingerprint density at radius 3 is 2.62 bits per heavy atom. The smallest absolute Gasteiger partial charge is 0.186 e. The number of hydrazone groups is 1. The van der Waals surface area contributed by atoms with Gasteiger partial charge in [0.05, 0.1) is 24.5 Å². The van der Waals surface area contributed by atoms with Crippen LogP contribution in [0.3, 0.4) is 0 Å². The second-order valence-corrected chi connectivity index (χ2v) is 5.88. The molecular weight excluding hydrogens is 334 g/mol. The third kappa shape index (κ3) is 5.77. The molecule has 24 heavy (non-hydrogen) atoms. The summed E-state index contributed by atoms with van der Waals surface area (Å²) in [6.07, 6.45) is 0.937. The molecule has 1 fully saturated rings. The molecule has 0 aromatic heterocycles. The number of hydrogen-bond donors (Lipinski definition) is 2. The maximum Gasteiger partial charge on any atom is 0.186 e. The summed E-state index contributed by atoms with van der Waals surface area (Å²) in [6, 6.07) is 3.70. The van der Waals surface area contributed by atoms with Crippen molar-refractivity contribution in [1.29, 1.82) is 0 Å². The van der Waals surface area contributed by atoms with Crippen molar-refractivity contribution in [3.63, 3.8) is 0 Å². The van der Waals surface area contributed by atoms with Gasteiger partial charge >= 0.3 is 0 Å². The zero-order valence-corrected chi connectivity index (χ0v) is 14.5. The maximum absolute atomic E-state index is 13.6. The Kier molecular flexibility index (Phi) is 7.48. The van der Waals surface area contributed by atoms with Gasteiger partial charge in [-0.25, -0.2) is 8.78 Å². The Morgan fingerprint density at radius 2 is 1.96 bits per heavy atom. The highest BCUT2D eigenvalue weighted by molar-refractivity contribution is 7.80. The summed E-state index contributed by atoms with van der Waals surface area (Å²) < 4.78 is 32.6. The number of nitrogens with zero attached hydrogens (tertiary/aromatic N) is 2. The first-order chi connectivity index (χ1) is 11.6. The number of ether oxygens (including phenoxy) is 1. The highest BCUT2D eigenvalue weighted by atomic mass is 32.1. The minimum Gasteiger partial charge on any atom is -0.379 e. The third-order valence-electron chi connectivity index (χ3n) is 3.69. The molecular formula is C16H22F2N4OS. The molecule has 0 saturated carbocycles. The third-order valence-corrected chi connectivity index (χ3v) is 3.93. The fourth-order valence-electron chi connectivity index (χ4n) is 2.40. The van der Waals surface area contributed by atoms with Gasteiger partial charge in [0.2, 0.25) is 0 Å². The van der Waals surface area contributed by atoms with Crippen LogP contribution in [0.1, 0.15) is 18.9 Å². The Balaban J connectivity index is 1.72. The van der Waals surface area contributed by atoms with Crippen LogP contribution in [0.15, 0.2) is 23.3 Å². The number of thiocarbonyl (C=S) groups is 1. The van der Waals surface area contributed by atoms with E-state index in [1.807, 2.05) is 0 Å². The molecule has 1 heterocycles. The number of hydrogen-bond acceptors (Lipinski definition) is 4. The fourth-order valence-corrected chi connectivity index (χ4v) is 2.55. The van der Waals surface area contributed by atoms with E-state index in [-0.39, 0.29) is 11.3 Å². The molecule has 0 atom stereocenters. The lowest BCUT2D eigenvalue weighted by atomic mass is 10.1. The lowest BCUT2D eigenvalue weighted by Crippen LogP contribution is -2.39. The molecule has 0 spiro atoms. The van der Waals surface area contributed by atoms with Gasteiger partial charge < -0.3 is 10.1 Å². The Morgan fingerprint density at radius 1 is 1.29 bits per heavy atom. The zero-order chi connectivity index (χ0) is 17.4. The van der Waals surface area contributed by atoms with Crippen molar-refractivity contribution in [3.05, 3.63) is 35.4 Å². The standard InChI is InChI=1S/C16H22F2N4OS/c1-12(15-13(17)4-2-5-14(15)18)20-21-16(24)19-6-3-7-22-8-10-23-11-9-22/h2,4-5H,3,6-11H2,1H3,(H2,19,21,24)/b20-12-. The number of rotatable bonds is 6. The minimum atomic E-state index is -0.651. The van der Waals surface area contributed by atoms with Crippen LogP contribution in [0, 0.1) is 11.6 Å². The summed E-state index contributed by atoms with van der Waals surface area (Å²) in [5.74, 6) is -1.30. The minimum absolute atomic E-state index is 0.153. The number of halogens is 2. The molecule has 8 heteroatoms. The van der Waals surface area contributed by atoms with Crippen molar-refractivity contribution < 1.29 is 13.5 Å². The second kappa shape index (κ2) is 9.61. The monoisotopic (exact) mass is 356 g/mol. The van der Waals surface area contributed by atoms with E-state index in [0.717, 1.165) is 39.3 Å². The lowest BCUT2D eigenvalue weighted by molar-refractivity contribution is 0.0376. The van der Waals surface area contributed by atoms with E-state index in [1.54, 1.807) is 0 Å². The van der Waals surface area contributed by atoms with Crippen molar-refractivity contribution >= 4 is 23.0 Å². The molecule has 2 N–H and O–H groups in total. The molecule has 0 amide bonds. The summed E-state index contributed by atoms with van der Waals surface area (Å²) in [7, 11) is 0. The SMILES string of the molecule is C/C(=N/NC(=S)NCCCN1CCOCC1)c1c(F)cccc1F. The molecule has 1 aliphatic heterocycles. The first-order valence-corrected chi connectivity index (χ1v) is 8.31. The van der Waals surface area contributed by atoms with Crippen LogP contribution < -0.4 is 10.7 Å². The van der Waals surface area contributed by atoms with E-state index in [4.69, 9.17) is 17.0 Å². The average Bonchev–Trinajstić information content (AvgIpc) is 2.57. The Bertz CT molecular complexity index is 571. The second-order valence-electron chi connectivity index (χ2n) is 5.47. The zero-order valence-electron chi connectivity index (χ0n) is 13.6. The van der Waals surface area contributed by atoms with Gasteiger partial charge in [0, 0.05) is 19.6 Å². The van der Waals surface area contributed by atoms with Crippen LogP contribution in [0.2, 0.25) is 0 Å². The Hall–Kier alpha value is -1.64. The van der Waals surface area contributed by atoms with Gasteiger partial charge in [-0.05, 0) is 44.2 Å². The van der Waals surface area contributed by atoms with Crippen molar-refractivity contribution in [3.8, 4) is 0 Å². The molecule has 1 aromatic rings. The van der Waals surface area contributed by atoms with Crippen molar-refractivity contribution in [2.24, 2.45) is 5.10 Å². The van der Waals surface area contributed by atoms with E-state index in [2.05, 4.69) is 20.7 Å². The lowest BCUT2D eigenvalue weighted by Gasteiger charge is -2.26. The number of morpholine rings is 1. The quantitative estimate of drug-likeness (QED) is 0.353. The highest BCUT2D eigenvalue weighted by Crippen LogP contribution is 2.12. The summed E-state index contributed by atoms with van der Waals surface area (Å²) in [5, 5.41) is 7.29. The predicted octanol–water partition coefficient (Wildman–Crippen LogP) is 1.88. The molecule has 2 rings (SSSR count). The molecule has 5 nitrogen and oxygen atoms in total. The highest BCUT2D eigenvalue weighted by Gasteiger charge is 2.12. The van der Waals surface area contributed by atoms with Crippen LogP contribution in [0.25, 0.3) is 0 Å². The number of nitrogens with one attached hydrogen (secondary N) is 2. The van der Waals surface area contributed by atoms with Crippen LogP contribution in [-0.4, -0.2) is 55.1 Å². The predicted molar refractivity (Wildman–Crippen MR) is 94.2 cm³/mol. The van der Waals surface area contributed by atoms with Gasteiger partial charge in [-0.2, -0.15) is 5.10 Å². The topological polar surface area (TPSA) is 48.9 Å². The fraction of sp³-hybridized carbons (Fsp3) is 0.500. The van der Waals surface area contributed by atoms with E-state index in [9.17, 15) is 8.78 Å².